The SMILES string of the molecule is CCCCCCNC(=O)c1ccc(/C=C/C(=O)O)c(C)c1. The highest BCUT2D eigenvalue weighted by Crippen LogP contribution is 2.13. The standard InChI is InChI=1S/C17H23NO3/c1-3-4-5-6-11-18-17(21)15-8-7-14(13(2)12-15)9-10-16(19)20/h7-10,12H,3-6,11H2,1-2H3,(H,18,21)(H,19,20)/b10-9+. The van der Waals surface area contributed by atoms with Crippen LogP contribution in [0.25, 0.3) is 6.08 Å². The van der Waals surface area contributed by atoms with Crippen LogP contribution in [0.1, 0.15) is 54.1 Å². The molecule has 1 aromatic carbocycles. The van der Waals surface area contributed by atoms with Crippen molar-refractivity contribution in [1.29, 1.82) is 0 Å². The molecule has 114 valence electrons. The number of aryl methyl sites for hydroxylation is 1. The summed E-state index contributed by atoms with van der Waals surface area (Å²) in [5, 5.41) is 11.5. The second-order valence-electron chi connectivity index (χ2n) is 5.06. The van der Waals surface area contributed by atoms with Gasteiger partial charge < -0.3 is 10.4 Å². The molecule has 1 rings (SSSR count). The van der Waals surface area contributed by atoms with E-state index in [0.29, 0.717) is 12.1 Å². The minimum Gasteiger partial charge on any atom is -0.478 e. The first-order chi connectivity index (χ1) is 10.0. The zero-order valence-corrected chi connectivity index (χ0v) is 12.7. The zero-order chi connectivity index (χ0) is 15.7. The van der Waals surface area contributed by atoms with Gasteiger partial charge in [-0.05, 0) is 42.7 Å². The van der Waals surface area contributed by atoms with E-state index in [1.165, 1.54) is 18.9 Å². The Morgan fingerprint density at radius 2 is 2.00 bits per heavy atom. The van der Waals surface area contributed by atoms with Crippen LogP contribution in [0.4, 0.5) is 0 Å². The summed E-state index contributed by atoms with van der Waals surface area (Å²) in [4.78, 5) is 22.5. The molecule has 4 nitrogen and oxygen atoms in total. The number of benzene rings is 1. The molecule has 0 aliphatic carbocycles. The normalized spacial score (nSPS) is 10.8. The van der Waals surface area contributed by atoms with E-state index in [0.717, 1.165) is 30.0 Å². The van der Waals surface area contributed by atoms with E-state index in [-0.39, 0.29) is 5.91 Å². The van der Waals surface area contributed by atoms with Gasteiger partial charge >= 0.3 is 5.97 Å². The summed E-state index contributed by atoms with van der Waals surface area (Å²) in [6.45, 7) is 4.71. The summed E-state index contributed by atoms with van der Waals surface area (Å²) in [5.41, 5.74) is 2.29. The molecule has 0 heterocycles. The number of nitrogens with one attached hydrogen (secondary N) is 1. The van der Waals surface area contributed by atoms with Crippen molar-refractivity contribution in [1.82, 2.24) is 5.32 Å². The number of carboxylic acids is 1. The fraction of sp³-hybridized carbons (Fsp3) is 0.412. The Balaban J connectivity index is 2.57. The summed E-state index contributed by atoms with van der Waals surface area (Å²) >= 11 is 0. The van der Waals surface area contributed by atoms with Crippen LogP contribution >= 0.6 is 0 Å². The van der Waals surface area contributed by atoms with Crippen molar-refractivity contribution in [2.45, 2.75) is 39.5 Å². The Morgan fingerprint density at radius 1 is 1.24 bits per heavy atom. The van der Waals surface area contributed by atoms with Crippen molar-refractivity contribution >= 4 is 18.0 Å². The number of unbranched alkanes of at least 4 members (excludes halogenated alkanes) is 3. The minimum absolute atomic E-state index is 0.0802. The molecule has 0 spiro atoms. The average molecular weight is 289 g/mol. The lowest BCUT2D eigenvalue weighted by Gasteiger charge is -2.07. The lowest BCUT2D eigenvalue weighted by atomic mass is 10.0. The van der Waals surface area contributed by atoms with Gasteiger partial charge in [0.15, 0.2) is 0 Å². The molecule has 0 saturated heterocycles. The monoisotopic (exact) mass is 289 g/mol. The van der Waals surface area contributed by atoms with E-state index in [9.17, 15) is 9.59 Å². The molecule has 0 fully saturated rings. The highest BCUT2D eigenvalue weighted by atomic mass is 16.4. The smallest absolute Gasteiger partial charge is 0.328 e. The van der Waals surface area contributed by atoms with Crippen LogP contribution in [-0.2, 0) is 4.79 Å². The maximum atomic E-state index is 12.0. The molecule has 0 saturated carbocycles. The summed E-state index contributed by atoms with van der Waals surface area (Å²) in [6.07, 6.45) is 7.13. The Labute approximate surface area is 125 Å². The highest BCUT2D eigenvalue weighted by molar-refractivity contribution is 5.95. The molecule has 4 heteroatoms. The van der Waals surface area contributed by atoms with Crippen LogP contribution in [0.15, 0.2) is 24.3 Å². The lowest BCUT2D eigenvalue weighted by molar-refractivity contribution is -0.131. The predicted octanol–water partition coefficient (Wildman–Crippen LogP) is 3.40. The molecule has 1 amide bonds. The van der Waals surface area contributed by atoms with Gasteiger partial charge in [-0.15, -0.1) is 0 Å². The molecule has 0 aliphatic rings. The van der Waals surface area contributed by atoms with E-state index >= 15 is 0 Å². The van der Waals surface area contributed by atoms with E-state index in [2.05, 4.69) is 12.2 Å². The maximum absolute atomic E-state index is 12.0. The fourth-order valence-electron chi connectivity index (χ4n) is 2.02. The Morgan fingerprint density at radius 3 is 2.62 bits per heavy atom. The third kappa shape index (κ3) is 6.25. The van der Waals surface area contributed by atoms with Crippen LogP contribution in [0, 0.1) is 6.92 Å². The number of carbonyl (C=O) groups is 2. The van der Waals surface area contributed by atoms with Crippen molar-refractivity contribution in [3.05, 3.63) is 41.0 Å². The Bertz CT molecular complexity index is 521. The van der Waals surface area contributed by atoms with Crippen molar-refractivity contribution < 1.29 is 14.7 Å². The quantitative estimate of drug-likeness (QED) is 0.569. The molecule has 1 aromatic rings. The van der Waals surface area contributed by atoms with Crippen LogP contribution < -0.4 is 5.32 Å². The first-order valence-corrected chi connectivity index (χ1v) is 7.34. The summed E-state index contributed by atoms with van der Waals surface area (Å²) < 4.78 is 0. The lowest BCUT2D eigenvalue weighted by Crippen LogP contribution is -2.24. The van der Waals surface area contributed by atoms with E-state index < -0.39 is 5.97 Å². The second-order valence-corrected chi connectivity index (χ2v) is 5.06. The van der Waals surface area contributed by atoms with Gasteiger partial charge in [0.1, 0.15) is 0 Å². The number of hydrogen-bond donors (Lipinski definition) is 2. The van der Waals surface area contributed by atoms with Crippen molar-refractivity contribution in [3.8, 4) is 0 Å². The highest BCUT2D eigenvalue weighted by Gasteiger charge is 2.06. The summed E-state index contributed by atoms with van der Waals surface area (Å²) in [7, 11) is 0. The molecular formula is C17H23NO3. The third-order valence-corrected chi connectivity index (χ3v) is 3.25. The molecule has 0 atom stereocenters. The van der Waals surface area contributed by atoms with Gasteiger partial charge in [0.2, 0.25) is 0 Å². The van der Waals surface area contributed by atoms with Crippen LogP contribution in [0.3, 0.4) is 0 Å². The summed E-state index contributed by atoms with van der Waals surface area (Å²) in [6, 6.07) is 5.26. The van der Waals surface area contributed by atoms with Crippen LogP contribution in [-0.4, -0.2) is 23.5 Å². The van der Waals surface area contributed by atoms with Crippen molar-refractivity contribution in [2.75, 3.05) is 6.54 Å². The average Bonchev–Trinajstić information content (AvgIpc) is 2.45. The largest absolute Gasteiger partial charge is 0.478 e. The Kier molecular flexibility index (Phi) is 7.23. The first kappa shape index (κ1) is 17.0. The summed E-state index contributed by atoms with van der Waals surface area (Å²) in [5.74, 6) is -1.06. The van der Waals surface area contributed by atoms with Crippen LogP contribution in [0.2, 0.25) is 0 Å². The third-order valence-electron chi connectivity index (χ3n) is 3.25. The van der Waals surface area contributed by atoms with Gasteiger partial charge in [-0.3, -0.25) is 4.79 Å². The van der Waals surface area contributed by atoms with Gasteiger partial charge in [-0.1, -0.05) is 32.3 Å². The zero-order valence-electron chi connectivity index (χ0n) is 12.7. The molecule has 0 radical (unpaired) electrons. The molecule has 0 aliphatic heterocycles. The molecule has 0 bridgehead atoms. The maximum Gasteiger partial charge on any atom is 0.328 e. The predicted molar refractivity (Wildman–Crippen MR) is 84.3 cm³/mol. The number of aliphatic carboxylic acids is 1. The first-order valence-electron chi connectivity index (χ1n) is 7.34. The van der Waals surface area contributed by atoms with Gasteiger partial charge in [-0.2, -0.15) is 0 Å². The van der Waals surface area contributed by atoms with E-state index in [1.54, 1.807) is 18.2 Å². The van der Waals surface area contributed by atoms with Gasteiger partial charge in [0.05, 0.1) is 0 Å². The molecule has 2 N–H and O–H groups in total. The van der Waals surface area contributed by atoms with E-state index in [4.69, 9.17) is 5.11 Å². The topological polar surface area (TPSA) is 66.4 Å². The molecule has 0 unspecified atom stereocenters. The fourth-order valence-corrected chi connectivity index (χ4v) is 2.02. The molecular weight excluding hydrogens is 266 g/mol. The van der Waals surface area contributed by atoms with Gasteiger partial charge in [0, 0.05) is 18.2 Å². The number of hydrogen-bond acceptors (Lipinski definition) is 2. The van der Waals surface area contributed by atoms with Crippen molar-refractivity contribution in [3.63, 3.8) is 0 Å². The van der Waals surface area contributed by atoms with Crippen molar-refractivity contribution in [2.24, 2.45) is 0 Å². The van der Waals surface area contributed by atoms with Crippen LogP contribution in [0.5, 0.6) is 0 Å². The number of carbonyl (C=O) groups excluding carboxylic acids is 1. The minimum atomic E-state index is -0.983. The Hall–Kier alpha value is -2.10. The second kappa shape index (κ2) is 8.95. The van der Waals surface area contributed by atoms with Gasteiger partial charge in [-0.25, -0.2) is 4.79 Å². The molecule has 0 aromatic heterocycles. The molecule has 21 heavy (non-hydrogen) atoms. The number of rotatable bonds is 8. The van der Waals surface area contributed by atoms with E-state index in [1.807, 2.05) is 6.92 Å². The number of amides is 1. The van der Waals surface area contributed by atoms with Gasteiger partial charge in [0.25, 0.3) is 5.91 Å². The number of carboxylic acid groups (broad SMARTS) is 1.